The van der Waals surface area contributed by atoms with Crippen LogP contribution in [0.1, 0.15) is 24.3 Å². The summed E-state index contributed by atoms with van der Waals surface area (Å²) in [5.74, 6) is -0.472. The summed E-state index contributed by atoms with van der Waals surface area (Å²) in [6.07, 6.45) is 1.60. The van der Waals surface area contributed by atoms with Crippen LogP contribution >= 0.6 is 0 Å². The first-order valence-electron chi connectivity index (χ1n) is 6.09. The van der Waals surface area contributed by atoms with Crippen LogP contribution in [0, 0.1) is 5.92 Å². The van der Waals surface area contributed by atoms with Crippen molar-refractivity contribution in [3.63, 3.8) is 0 Å². The van der Waals surface area contributed by atoms with Gasteiger partial charge in [-0.25, -0.2) is 9.48 Å². The predicted molar refractivity (Wildman–Crippen MR) is 70.9 cm³/mol. The largest absolute Gasteiger partial charge is 0.489 e. The fraction of sp³-hybridized carbons (Fsp3) is 0.286. The maximum absolute atomic E-state index is 11.2. The second-order valence-electron chi connectivity index (χ2n) is 4.63. The number of hydrogen-bond acceptors (Lipinski definition) is 3. The van der Waals surface area contributed by atoms with Gasteiger partial charge in [-0.15, -0.1) is 0 Å². The van der Waals surface area contributed by atoms with Gasteiger partial charge < -0.3 is 9.84 Å². The molecule has 0 unspecified atom stereocenters. The summed E-state index contributed by atoms with van der Waals surface area (Å²) in [4.78, 5) is 11.2. The van der Waals surface area contributed by atoms with Crippen molar-refractivity contribution in [1.29, 1.82) is 0 Å². The molecule has 0 aliphatic heterocycles. The van der Waals surface area contributed by atoms with Gasteiger partial charge >= 0.3 is 5.97 Å². The lowest BCUT2D eigenvalue weighted by molar-refractivity contribution is 0.0684. The molecule has 2 aromatic rings. The number of aromatic carboxylic acids is 1. The van der Waals surface area contributed by atoms with Crippen molar-refractivity contribution in [2.45, 2.75) is 13.8 Å². The normalized spacial score (nSPS) is 10.7. The highest BCUT2D eigenvalue weighted by molar-refractivity contribution is 5.88. The number of aromatic nitrogens is 2. The van der Waals surface area contributed by atoms with Crippen molar-refractivity contribution in [2.24, 2.45) is 5.92 Å². The topological polar surface area (TPSA) is 64.4 Å². The van der Waals surface area contributed by atoms with E-state index >= 15 is 0 Å². The van der Waals surface area contributed by atoms with Gasteiger partial charge in [-0.3, -0.25) is 0 Å². The van der Waals surface area contributed by atoms with E-state index in [1.54, 1.807) is 6.20 Å². The van der Waals surface area contributed by atoms with E-state index in [1.165, 1.54) is 4.68 Å². The van der Waals surface area contributed by atoms with Gasteiger partial charge in [-0.1, -0.05) is 32.0 Å². The number of carboxylic acids is 1. The van der Waals surface area contributed by atoms with Crippen molar-refractivity contribution in [2.75, 3.05) is 6.61 Å². The number of benzene rings is 1. The van der Waals surface area contributed by atoms with Gasteiger partial charge in [0.25, 0.3) is 0 Å². The highest BCUT2D eigenvalue weighted by Crippen LogP contribution is 2.20. The molecule has 0 amide bonds. The minimum atomic E-state index is -1.09. The minimum absolute atomic E-state index is 0.0653. The van der Waals surface area contributed by atoms with Gasteiger partial charge in [-0.2, -0.15) is 5.10 Å². The second kappa shape index (κ2) is 5.56. The Bertz CT molecular complexity index is 561. The number of nitrogens with zero attached hydrogens (tertiary/aromatic N) is 2. The van der Waals surface area contributed by atoms with Crippen LogP contribution < -0.4 is 4.74 Å². The summed E-state index contributed by atoms with van der Waals surface area (Å²) in [6.45, 7) is 4.46. The zero-order chi connectivity index (χ0) is 13.8. The third kappa shape index (κ3) is 3.13. The lowest BCUT2D eigenvalue weighted by atomic mass is 10.2. The van der Waals surface area contributed by atoms with Crippen molar-refractivity contribution >= 4 is 5.97 Å². The molecule has 0 atom stereocenters. The molecular weight excluding hydrogens is 244 g/mol. The Morgan fingerprint density at radius 1 is 1.37 bits per heavy atom. The standard InChI is InChI=1S/C14H16N2O3/c1-10(2)9-19-12-8-16(15-13(12)14(17)18)11-6-4-3-5-7-11/h3-8,10H,9H2,1-2H3,(H,17,18). The van der Waals surface area contributed by atoms with Crippen LogP contribution in [-0.4, -0.2) is 27.5 Å². The Morgan fingerprint density at radius 2 is 2.05 bits per heavy atom. The molecule has 0 spiro atoms. The molecule has 0 aliphatic rings. The third-order valence-electron chi connectivity index (χ3n) is 2.48. The van der Waals surface area contributed by atoms with Gasteiger partial charge in [0.2, 0.25) is 5.69 Å². The predicted octanol–water partition coefficient (Wildman–Crippen LogP) is 2.61. The van der Waals surface area contributed by atoms with Crippen LogP contribution in [0.4, 0.5) is 0 Å². The van der Waals surface area contributed by atoms with E-state index in [0.29, 0.717) is 18.3 Å². The molecule has 5 heteroatoms. The van der Waals surface area contributed by atoms with E-state index in [-0.39, 0.29) is 5.69 Å². The zero-order valence-corrected chi connectivity index (χ0v) is 10.9. The fourth-order valence-corrected chi connectivity index (χ4v) is 1.58. The smallest absolute Gasteiger partial charge is 0.360 e. The maximum atomic E-state index is 11.2. The average Bonchev–Trinajstić information content (AvgIpc) is 2.81. The van der Waals surface area contributed by atoms with Crippen molar-refractivity contribution in [1.82, 2.24) is 9.78 Å². The lowest BCUT2D eigenvalue weighted by Gasteiger charge is -2.06. The van der Waals surface area contributed by atoms with Gasteiger partial charge in [0.05, 0.1) is 18.5 Å². The first kappa shape index (κ1) is 13.1. The monoisotopic (exact) mass is 260 g/mol. The molecular formula is C14H16N2O3. The summed E-state index contributed by atoms with van der Waals surface area (Å²) in [5.41, 5.74) is 0.730. The molecule has 5 nitrogen and oxygen atoms in total. The van der Waals surface area contributed by atoms with Crippen LogP contribution in [0.25, 0.3) is 5.69 Å². The number of ether oxygens (including phenoxy) is 1. The Morgan fingerprint density at radius 3 is 2.63 bits per heavy atom. The molecule has 19 heavy (non-hydrogen) atoms. The summed E-state index contributed by atoms with van der Waals surface area (Å²) < 4.78 is 7.01. The van der Waals surface area contributed by atoms with Crippen LogP contribution in [0.5, 0.6) is 5.75 Å². The van der Waals surface area contributed by atoms with Crippen molar-refractivity contribution in [3.05, 3.63) is 42.2 Å². The molecule has 1 N–H and O–H groups in total. The molecule has 1 aromatic heterocycles. The molecule has 0 bridgehead atoms. The van der Waals surface area contributed by atoms with Gasteiger partial charge in [0, 0.05) is 0 Å². The quantitative estimate of drug-likeness (QED) is 0.897. The molecule has 0 aliphatic carbocycles. The van der Waals surface area contributed by atoms with Gasteiger partial charge in [0.1, 0.15) is 0 Å². The summed E-state index contributed by atoms with van der Waals surface area (Å²) >= 11 is 0. The second-order valence-corrected chi connectivity index (χ2v) is 4.63. The van der Waals surface area contributed by atoms with Crippen LogP contribution in [0.2, 0.25) is 0 Å². The van der Waals surface area contributed by atoms with Crippen LogP contribution in [0.15, 0.2) is 36.5 Å². The molecule has 0 fully saturated rings. The number of para-hydroxylation sites is 1. The molecule has 100 valence electrons. The van der Waals surface area contributed by atoms with Gasteiger partial charge in [0.15, 0.2) is 5.75 Å². The third-order valence-corrected chi connectivity index (χ3v) is 2.48. The SMILES string of the molecule is CC(C)COc1cn(-c2ccccc2)nc1C(=O)O. The van der Waals surface area contributed by atoms with Crippen molar-refractivity contribution < 1.29 is 14.6 Å². The summed E-state index contributed by atoms with van der Waals surface area (Å²) in [7, 11) is 0. The number of rotatable bonds is 5. The fourth-order valence-electron chi connectivity index (χ4n) is 1.58. The average molecular weight is 260 g/mol. The van der Waals surface area contributed by atoms with Crippen molar-refractivity contribution in [3.8, 4) is 11.4 Å². The maximum Gasteiger partial charge on any atom is 0.360 e. The Labute approximate surface area is 111 Å². The molecule has 2 rings (SSSR count). The number of hydrogen-bond donors (Lipinski definition) is 1. The Hall–Kier alpha value is -2.30. The highest BCUT2D eigenvalue weighted by Gasteiger charge is 2.18. The first-order chi connectivity index (χ1) is 9.08. The van der Waals surface area contributed by atoms with E-state index < -0.39 is 5.97 Å². The van der Waals surface area contributed by atoms with E-state index in [1.807, 2.05) is 44.2 Å². The zero-order valence-electron chi connectivity index (χ0n) is 10.9. The molecule has 1 aromatic carbocycles. The molecule has 0 radical (unpaired) electrons. The Kier molecular flexibility index (Phi) is 3.85. The molecule has 0 saturated heterocycles. The van der Waals surface area contributed by atoms with E-state index in [2.05, 4.69) is 5.10 Å². The van der Waals surface area contributed by atoms with E-state index in [4.69, 9.17) is 9.84 Å². The molecule has 0 saturated carbocycles. The highest BCUT2D eigenvalue weighted by atomic mass is 16.5. The first-order valence-corrected chi connectivity index (χ1v) is 6.09. The van der Waals surface area contributed by atoms with E-state index in [9.17, 15) is 4.79 Å². The summed E-state index contributed by atoms with van der Waals surface area (Å²) in [6, 6.07) is 9.33. The lowest BCUT2D eigenvalue weighted by Crippen LogP contribution is -2.07. The minimum Gasteiger partial charge on any atom is -0.489 e. The molecule has 1 heterocycles. The number of carboxylic acid groups (broad SMARTS) is 1. The van der Waals surface area contributed by atoms with Crippen LogP contribution in [0.3, 0.4) is 0 Å². The number of carbonyl (C=O) groups is 1. The summed E-state index contributed by atoms with van der Waals surface area (Å²) in [5, 5.41) is 13.2. The van der Waals surface area contributed by atoms with Gasteiger partial charge in [-0.05, 0) is 18.1 Å². The van der Waals surface area contributed by atoms with E-state index in [0.717, 1.165) is 5.69 Å². The Balaban J connectivity index is 2.32. The van der Waals surface area contributed by atoms with Crippen LogP contribution in [-0.2, 0) is 0 Å².